The molecule has 0 aliphatic rings. The number of aliphatic hydroxyl groups is 1. The molecule has 0 saturated carbocycles. The summed E-state index contributed by atoms with van der Waals surface area (Å²) in [6.07, 6.45) is 1.89. The van der Waals surface area contributed by atoms with Crippen LogP contribution in [0, 0.1) is 6.92 Å². The van der Waals surface area contributed by atoms with Gasteiger partial charge >= 0.3 is 0 Å². The van der Waals surface area contributed by atoms with Crippen molar-refractivity contribution in [1.82, 2.24) is 15.0 Å². The van der Waals surface area contributed by atoms with Gasteiger partial charge in [0.25, 0.3) is 0 Å². The van der Waals surface area contributed by atoms with Crippen LogP contribution in [0.5, 0.6) is 0 Å². The molecule has 0 aliphatic carbocycles. The van der Waals surface area contributed by atoms with Gasteiger partial charge in [0.2, 0.25) is 0 Å². The Morgan fingerprint density at radius 1 is 1.21 bits per heavy atom. The van der Waals surface area contributed by atoms with Crippen molar-refractivity contribution in [3.63, 3.8) is 0 Å². The molecule has 0 radical (unpaired) electrons. The minimum absolute atomic E-state index is 0.0457. The van der Waals surface area contributed by atoms with Gasteiger partial charge in [-0.25, -0.2) is 15.0 Å². The highest BCUT2D eigenvalue weighted by atomic mass is 16.3. The van der Waals surface area contributed by atoms with Gasteiger partial charge in [0.15, 0.2) is 12.0 Å². The van der Waals surface area contributed by atoms with Gasteiger partial charge in [-0.05, 0) is 25.1 Å². The van der Waals surface area contributed by atoms with Crippen molar-refractivity contribution >= 4 is 11.1 Å². The molecular formula is C14H13N3O2. The highest BCUT2D eigenvalue weighted by Gasteiger charge is 2.07. The van der Waals surface area contributed by atoms with Crippen molar-refractivity contribution in [3.8, 4) is 11.3 Å². The summed E-state index contributed by atoms with van der Waals surface area (Å²) in [4.78, 5) is 12.8. The Morgan fingerprint density at radius 3 is 2.95 bits per heavy atom. The maximum absolute atomic E-state index is 8.98. The summed E-state index contributed by atoms with van der Waals surface area (Å²) in [5, 5.41) is 8.98. The predicted molar refractivity (Wildman–Crippen MR) is 70.6 cm³/mol. The summed E-state index contributed by atoms with van der Waals surface area (Å²) in [6.45, 7) is 1.96. The van der Waals surface area contributed by atoms with Gasteiger partial charge in [0.1, 0.15) is 11.3 Å². The van der Waals surface area contributed by atoms with Gasteiger partial charge < -0.3 is 9.52 Å². The van der Waals surface area contributed by atoms with Crippen molar-refractivity contribution in [2.24, 2.45) is 0 Å². The van der Waals surface area contributed by atoms with E-state index in [1.165, 1.54) is 6.39 Å². The smallest absolute Gasteiger partial charge is 0.181 e. The van der Waals surface area contributed by atoms with Crippen LogP contribution in [-0.4, -0.2) is 26.7 Å². The van der Waals surface area contributed by atoms with E-state index in [1.54, 1.807) is 0 Å². The molecule has 0 amide bonds. The van der Waals surface area contributed by atoms with E-state index in [9.17, 15) is 0 Å². The molecule has 0 saturated heterocycles. The van der Waals surface area contributed by atoms with Crippen LogP contribution >= 0.6 is 0 Å². The van der Waals surface area contributed by atoms with Crippen LogP contribution in [0.15, 0.2) is 35.1 Å². The van der Waals surface area contributed by atoms with Gasteiger partial charge in [-0.15, -0.1) is 0 Å². The lowest BCUT2D eigenvalue weighted by atomic mass is 10.1. The zero-order valence-corrected chi connectivity index (χ0v) is 10.5. The largest absolute Gasteiger partial charge is 0.443 e. The van der Waals surface area contributed by atoms with Crippen molar-refractivity contribution in [2.45, 2.75) is 13.3 Å². The first-order valence-corrected chi connectivity index (χ1v) is 6.05. The topological polar surface area (TPSA) is 72.0 Å². The molecule has 96 valence electrons. The number of aliphatic hydroxyl groups excluding tert-OH is 1. The highest BCUT2D eigenvalue weighted by Crippen LogP contribution is 2.23. The van der Waals surface area contributed by atoms with Crippen LogP contribution in [0.2, 0.25) is 0 Å². The lowest BCUT2D eigenvalue weighted by molar-refractivity contribution is 0.296. The minimum atomic E-state index is 0.0457. The van der Waals surface area contributed by atoms with Crippen LogP contribution in [-0.2, 0) is 6.42 Å². The van der Waals surface area contributed by atoms with Crippen molar-refractivity contribution in [3.05, 3.63) is 42.2 Å². The number of hydrogen-bond acceptors (Lipinski definition) is 5. The lowest BCUT2D eigenvalue weighted by Gasteiger charge is -2.05. The molecule has 2 aromatic heterocycles. The molecule has 0 bridgehead atoms. The third-order valence-corrected chi connectivity index (χ3v) is 2.86. The summed E-state index contributed by atoms with van der Waals surface area (Å²) in [6, 6.07) is 7.68. The molecule has 19 heavy (non-hydrogen) atoms. The third kappa shape index (κ3) is 2.32. The van der Waals surface area contributed by atoms with E-state index < -0.39 is 0 Å². The average molecular weight is 255 g/mol. The average Bonchev–Trinajstić information content (AvgIpc) is 2.85. The van der Waals surface area contributed by atoms with Gasteiger partial charge in [0, 0.05) is 17.7 Å². The van der Waals surface area contributed by atoms with Crippen molar-refractivity contribution in [1.29, 1.82) is 0 Å². The minimum Gasteiger partial charge on any atom is -0.443 e. The van der Waals surface area contributed by atoms with E-state index in [0.717, 1.165) is 28.1 Å². The van der Waals surface area contributed by atoms with Crippen molar-refractivity contribution < 1.29 is 9.52 Å². The van der Waals surface area contributed by atoms with Gasteiger partial charge in [-0.1, -0.05) is 6.07 Å². The lowest BCUT2D eigenvalue weighted by Crippen LogP contribution is -2.01. The Hall–Kier alpha value is -2.27. The molecule has 5 nitrogen and oxygen atoms in total. The van der Waals surface area contributed by atoms with Gasteiger partial charge in [-0.2, -0.15) is 0 Å². The molecule has 3 rings (SSSR count). The third-order valence-electron chi connectivity index (χ3n) is 2.86. The predicted octanol–water partition coefficient (Wildman–Crippen LogP) is 2.13. The number of nitrogens with zero attached hydrogens (tertiary/aromatic N) is 3. The van der Waals surface area contributed by atoms with E-state index in [0.29, 0.717) is 12.2 Å². The molecule has 0 spiro atoms. The number of aryl methyl sites for hydroxylation is 1. The second-order valence-electron chi connectivity index (χ2n) is 4.32. The maximum Gasteiger partial charge on any atom is 0.181 e. The monoisotopic (exact) mass is 255 g/mol. The number of benzene rings is 1. The Balaban J connectivity index is 2.09. The Labute approximate surface area is 110 Å². The highest BCUT2D eigenvalue weighted by molar-refractivity contribution is 5.78. The quantitative estimate of drug-likeness (QED) is 0.776. The number of oxazole rings is 1. The first-order chi connectivity index (χ1) is 9.26. The fraction of sp³-hybridized carbons (Fsp3) is 0.214. The molecule has 3 aromatic rings. The van der Waals surface area contributed by atoms with Crippen LogP contribution in [0.25, 0.3) is 22.4 Å². The normalized spacial score (nSPS) is 11.1. The first-order valence-electron chi connectivity index (χ1n) is 6.05. The SMILES string of the molecule is Cc1cc(-c2ccc3ncoc3c2)nc(CCO)n1. The fourth-order valence-electron chi connectivity index (χ4n) is 2.00. The fourth-order valence-corrected chi connectivity index (χ4v) is 2.00. The summed E-state index contributed by atoms with van der Waals surface area (Å²) < 4.78 is 5.29. The number of hydrogen-bond donors (Lipinski definition) is 1. The van der Waals surface area contributed by atoms with Crippen LogP contribution < -0.4 is 0 Å². The van der Waals surface area contributed by atoms with Crippen molar-refractivity contribution in [2.75, 3.05) is 6.61 Å². The van der Waals surface area contributed by atoms with Gasteiger partial charge in [0.05, 0.1) is 12.3 Å². The standard InChI is InChI=1S/C14H13N3O2/c1-9-6-12(17-14(16-9)4-5-18)10-2-3-11-13(7-10)19-8-15-11/h2-3,6-8,18H,4-5H2,1H3. The second-order valence-corrected chi connectivity index (χ2v) is 4.32. The molecule has 2 heterocycles. The molecule has 0 aliphatic heterocycles. The Bertz CT molecular complexity index is 722. The molecule has 1 N–H and O–H groups in total. The van der Waals surface area contributed by atoms with E-state index in [2.05, 4.69) is 15.0 Å². The van der Waals surface area contributed by atoms with E-state index in [-0.39, 0.29) is 6.61 Å². The molecule has 5 heteroatoms. The molecule has 0 fully saturated rings. The molecule has 0 unspecified atom stereocenters. The van der Waals surface area contributed by atoms with E-state index in [4.69, 9.17) is 9.52 Å². The van der Waals surface area contributed by atoms with E-state index in [1.807, 2.05) is 31.2 Å². The summed E-state index contributed by atoms with van der Waals surface area (Å²) >= 11 is 0. The van der Waals surface area contributed by atoms with Gasteiger partial charge in [-0.3, -0.25) is 0 Å². The number of fused-ring (bicyclic) bond motifs is 1. The zero-order valence-electron chi connectivity index (χ0n) is 10.5. The maximum atomic E-state index is 8.98. The number of rotatable bonds is 3. The zero-order chi connectivity index (χ0) is 13.2. The summed E-state index contributed by atoms with van der Waals surface area (Å²) in [5.74, 6) is 0.648. The number of aromatic nitrogens is 3. The van der Waals surface area contributed by atoms with E-state index >= 15 is 0 Å². The van der Waals surface area contributed by atoms with Crippen LogP contribution in [0.3, 0.4) is 0 Å². The molecule has 1 aromatic carbocycles. The Morgan fingerprint density at radius 2 is 2.11 bits per heavy atom. The van der Waals surface area contributed by atoms with Crippen LogP contribution in [0.1, 0.15) is 11.5 Å². The molecule has 0 atom stereocenters. The first kappa shape index (κ1) is 11.8. The summed E-state index contributed by atoms with van der Waals surface area (Å²) in [5.41, 5.74) is 4.22. The summed E-state index contributed by atoms with van der Waals surface area (Å²) in [7, 11) is 0. The second kappa shape index (κ2) is 4.78. The van der Waals surface area contributed by atoms with Crippen LogP contribution in [0.4, 0.5) is 0 Å². The molecular weight excluding hydrogens is 242 g/mol. The Kier molecular flexibility index (Phi) is 2.97.